The standard InChI is InChI=1S/C13H27N3/c1-11(2)16-6-4-15(5-7-16)10-13-9-14-8-12(13)3/h11-14H,4-10H2,1-3H3. The molecule has 0 aromatic carbocycles. The zero-order chi connectivity index (χ0) is 11.5. The summed E-state index contributed by atoms with van der Waals surface area (Å²) in [6, 6.07) is 0.717. The summed E-state index contributed by atoms with van der Waals surface area (Å²) in [6.45, 7) is 15.8. The largest absolute Gasteiger partial charge is 0.316 e. The summed E-state index contributed by atoms with van der Waals surface area (Å²) in [5, 5.41) is 3.50. The Morgan fingerprint density at radius 1 is 1.12 bits per heavy atom. The van der Waals surface area contributed by atoms with Crippen LogP contribution in [0.2, 0.25) is 0 Å². The molecule has 2 aliphatic heterocycles. The van der Waals surface area contributed by atoms with E-state index < -0.39 is 0 Å². The van der Waals surface area contributed by atoms with Crippen molar-refractivity contribution < 1.29 is 0 Å². The molecular weight excluding hydrogens is 198 g/mol. The summed E-state index contributed by atoms with van der Waals surface area (Å²) >= 11 is 0. The third kappa shape index (κ3) is 2.96. The summed E-state index contributed by atoms with van der Waals surface area (Å²) in [5.41, 5.74) is 0. The third-order valence-electron chi connectivity index (χ3n) is 4.31. The molecule has 3 nitrogen and oxygen atoms in total. The number of hydrogen-bond acceptors (Lipinski definition) is 3. The van der Waals surface area contributed by atoms with Crippen molar-refractivity contribution in [1.82, 2.24) is 15.1 Å². The second-order valence-electron chi connectivity index (χ2n) is 5.83. The maximum atomic E-state index is 3.50. The number of rotatable bonds is 3. The average Bonchev–Trinajstić information content (AvgIpc) is 2.65. The molecule has 0 bridgehead atoms. The molecule has 2 rings (SSSR count). The van der Waals surface area contributed by atoms with Gasteiger partial charge < -0.3 is 10.2 Å². The van der Waals surface area contributed by atoms with Gasteiger partial charge >= 0.3 is 0 Å². The van der Waals surface area contributed by atoms with E-state index in [2.05, 4.69) is 35.9 Å². The molecule has 2 atom stereocenters. The van der Waals surface area contributed by atoms with Gasteiger partial charge in [-0.1, -0.05) is 6.92 Å². The molecule has 2 unspecified atom stereocenters. The Bertz CT molecular complexity index is 209. The van der Waals surface area contributed by atoms with E-state index >= 15 is 0 Å². The molecule has 0 radical (unpaired) electrons. The predicted molar refractivity (Wildman–Crippen MR) is 68.7 cm³/mol. The molecule has 2 aliphatic rings. The molecule has 2 saturated heterocycles. The Morgan fingerprint density at radius 2 is 1.81 bits per heavy atom. The van der Waals surface area contributed by atoms with Crippen LogP contribution in [0.25, 0.3) is 0 Å². The summed E-state index contributed by atoms with van der Waals surface area (Å²) in [6.07, 6.45) is 0. The number of nitrogens with one attached hydrogen (secondary N) is 1. The summed E-state index contributed by atoms with van der Waals surface area (Å²) < 4.78 is 0. The summed E-state index contributed by atoms with van der Waals surface area (Å²) in [4.78, 5) is 5.25. The van der Waals surface area contributed by atoms with E-state index in [1.165, 1.54) is 45.8 Å². The van der Waals surface area contributed by atoms with Crippen LogP contribution < -0.4 is 5.32 Å². The van der Waals surface area contributed by atoms with Crippen molar-refractivity contribution >= 4 is 0 Å². The molecule has 1 N–H and O–H groups in total. The van der Waals surface area contributed by atoms with Crippen LogP contribution in [0, 0.1) is 11.8 Å². The molecule has 94 valence electrons. The Morgan fingerprint density at radius 3 is 2.31 bits per heavy atom. The monoisotopic (exact) mass is 225 g/mol. The van der Waals surface area contributed by atoms with Gasteiger partial charge in [0.1, 0.15) is 0 Å². The van der Waals surface area contributed by atoms with E-state index in [0.717, 1.165) is 11.8 Å². The third-order valence-corrected chi connectivity index (χ3v) is 4.31. The number of nitrogens with zero attached hydrogens (tertiary/aromatic N) is 2. The summed E-state index contributed by atoms with van der Waals surface area (Å²) in [7, 11) is 0. The fraction of sp³-hybridized carbons (Fsp3) is 1.00. The van der Waals surface area contributed by atoms with Gasteiger partial charge in [0.15, 0.2) is 0 Å². The Balaban J connectivity index is 1.72. The zero-order valence-corrected chi connectivity index (χ0v) is 11.1. The van der Waals surface area contributed by atoms with Crippen molar-refractivity contribution in [1.29, 1.82) is 0 Å². The van der Waals surface area contributed by atoms with Gasteiger partial charge in [0.2, 0.25) is 0 Å². The quantitative estimate of drug-likeness (QED) is 0.769. The zero-order valence-electron chi connectivity index (χ0n) is 11.1. The highest BCUT2D eigenvalue weighted by Crippen LogP contribution is 2.18. The van der Waals surface area contributed by atoms with Crippen molar-refractivity contribution in [2.45, 2.75) is 26.8 Å². The minimum Gasteiger partial charge on any atom is -0.316 e. The van der Waals surface area contributed by atoms with Gasteiger partial charge in [-0.15, -0.1) is 0 Å². The maximum absolute atomic E-state index is 3.50. The van der Waals surface area contributed by atoms with E-state index in [9.17, 15) is 0 Å². The lowest BCUT2D eigenvalue weighted by Gasteiger charge is -2.38. The molecule has 0 aliphatic carbocycles. The highest BCUT2D eigenvalue weighted by atomic mass is 15.3. The first-order valence-corrected chi connectivity index (χ1v) is 6.84. The van der Waals surface area contributed by atoms with Crippen molar-refractivity contribution in [2.75, 3.05) is 45.8 Å². The molecule has 2 fully saturated rings. The molecular formula is C13H27N3. The van der Waals surface area contributed by atoms with Crippen LogP contribution in [-0.2, 0) is 0 Å². The molecule has 2 heterocycles. The fourth-order valence-electron chi connectivity index (χ4n) is 2.90. The predicted octanol–water partition coefficient (Wildman–Crippen LogP) is 0.868. The first kappa shape index (κ1) is 12.3. The highest BCUT2D eigenvalue weighted by molar-refractivity contribution is 4.83. The number of hydrogen-bond donors (Lipinski definition) is 1. The van der Waals surface area contributed by atoms with Gasteiger partial charge in [-0.05, 0) is 38.8 Å². The number of piperazine rings is 1. The Labute approximate surface area is 100 Å². The first-order chi connectivity index (χ1) is 7.66. The van der Waals surface area contributed by atoms with Crippen molar-refractivity contribution in [3.63, 3.8) is 0 Å². The normalized spacial score (nSPS) is 33.8. The minimum atomic E-state index is 0.717. The van der Waals surface area contributed by atoms with Crippen molar-refractivity contribution in [3.8, 4) is 0 Å². The van der Waals surface area contributed by atoms with E-state index in [4.69, 9.17) is 0 Å². The molecule has 0 aromatic heterocycles. The molecule has 0 aromatic rings. The Kier molecular flexibility index (Phi) is 4.22. The minimum absolute atomic E-state index is 0.717. The Hall–Kier alpha value is -0.120. The first-order valence-electron chi connectivity index (χ1n) is 6.84. The van der Waals surface area contributed by atoms with Crippen LogP contribution in [0.15, 0.2) is 0 Å². The van der Waals surface area contributed by atoms with Crippen molar-refractivity contribution in [3.05, 3.63) is 0 Å². The highest BCUT2D eigenvalue weighted by Gasteiger charge is 2.27. The van der Waals surface area contributed by atoms with Gasteiger partial charge in [-0.25, -0.2) is 0 Å². The van der Waals surface area contributed by atoms with E-state index in [0.29, 0.717) is 6.04 Å². The van der Waals surface area contributed by atoms with E-state index in [1.54, 1.807) is 0 Å². The summed E-state index contributed by atoms with van der Waals surface area (Å²) in [5.74, 6) is 1.74. The molecule has 3 heteroatoms. The van der Waals surface area contributed by atoms with Gasteiger partial charge in [-0.2, -0.15) is 0 Å². The van der Waals surface area contributed by atoms with Crippen molar-refractivity contribution in [2.24, 2.45) is 11.8 Å². The smallest absolute Gasteiger partial charge is 0.0113 e. The fourth-order valence-corrected chi connectivity index (χ4v) is 2.90. The van der Waals surface area contributed by atoms with Crippen LogP contribution in [0.1, 0.15) is 20.8 Å². The van der Waals surface area contributed by atoms with Crippen LogP contribution in [0.5, 0.6) is 0 Å². The second-order valence-corrected chi connectivity index (χ2v) is 5.83. The lowest BCUT2D eigenvalue weighted by Crippen LogP contribution is -2.50. The average molecular weight is 225 g/mol. The van der Waals surface area contributed by atoms with Crippen LogP contribution in [-0.4, -0.2) is 61.7 Å². The SMILES string of the molecule is CC1CNCC1CN1CCN(C(C)C)CC1. The topological polar surface area (TPSA) is 18.5 Å². The lowest BCUT2D eigenvalue weighted by atomic mass is 9.97. The van der Waals surface area contributed by atoms with E-state index in [-0.39, 0.29) is 0 Å². The lowest BCUT2D eigenvalue weighted by molar-refractivity contribution is 0.0944. The maximum Gasteiger partial charge on any atom is 0.0113 e. The molecule has 0 amide bonds. The molecule has 0 saturated carbocycles. The van der Waals surface area contributed by atoms with Gasteiger partial charge in [0.25, 0.3) is 0 Å². The molecule has 16 heavy (non-hydrogen) atoms. The van der Waals surface area contributed by atoms with Crippen LogP contribution in [0.3, 0.4) is 0 Å². The van der Waals surface area contributed by atoms with Gasteiger partial charge in [0, 0.05) is 38.8 Å². The second kappa shape index (κ2) is 5.48. The van der Waals surface area contributed by atoms with Crippen LogP contribution in [0.4, 0.5) is 0 Å². The van der Waals surface area contributed by atoms with Gasteiger partial charge in [0.05, 0.1) is 0 Å². The van der Waals surface area contributed by atoms with E-state index in [1.807, 2.05) is 0 Å². The molecule has 0 spiro atoms. The van der Waals surface area contributed by atoms with Gasteiger partial charge in [-0.3, -0.25) is 4.90 Å². The van der Waals surface area contributed by atoms with Crippen LogP contribution >= 0.6 is 0 Å².